The Bertz CT molecular complexity index is 731. The van der Waals surface area contributed by atoms with Gasteiger partial charge < -0.3 is 4.98 Å². The molecule has 3 rings (SSSR count). The maximum atomic E-state index is 5.58. The molecule has 0 radical (unpaired) electrons. The van der Waals surface area contributed by atoms with Gasteiger partial charge in [0.1, 0.15) is 4.64 Å². The molecule has 0 amide bonds. The van der Waals surface area contributed by atoms with Gasteiger partial charge in [-0.1, -0.05) is 79.7 Å². The number of hydrogen-bond donors (Lipinski definition) is 1. The Morgan fingerprint density at radius 3 is 2.67 bits per heavy atom. The van der Waals surface area contributed by atoms with E-state index in [0.717, 1.165) is 28.2 Å². The first-order chi connectivity index (χ1) is 11.8. The first-order valence-electron chi connectivity index (χ1n) is 8.70. The molecule has 1 fully saturated rings. The molecule has 126 valence electrons. The van der Waals surface area contributed by atoms with Gasteiger partial charge in [0.15, 0.2) is 5.16 Å². The second-order valence-corrected chi connectivity index (χ2v) is 8.01. The molecule has 0 aliphatic heterocycles. The van der Waals surface area contributed by atoms with E-state index in [-0.39, 0.29) is 0 Å². The van der Waals surface area contributed by atoms with Gasteiger partial charge in [-0.15, -0.1) is 6.58 Å². The van der Waals surface area contributed by atoms with Crippen molar-refractivity contribution >= 4 is 24.0 Å². The van der Waals surface area contributed by atoms with Crippen LogP contribution in [0.5, 0.6) is 0 Å². The van der Waals surface area contributed by atoms with Gasteiger partial charge in [-0.05, 0) is 24.8 Å². The highest BCUT2D eigenvalue weighted by atomic mass is 32.2. The highest BCUT2D eigenvalue weighted by Gasteiger charge is 2.17. The lowest BCUT2D eigenvalue weighted by atomic mass is 10.0. The summed E-state index contributed by atoms with van der Waals surface area (Å²) >= 11 is 7.46. The third-order valence-electron chi connectivity index (χ3n) is 4.49. The molecular formula is C20H24N2S2. The van der Waals surface area contributed by atoms with Gasteiger partial charge in [0.2, 0.25) is 0 Å². The summed E-state index contributed by atoms with van der Waals surface area (Å²) in [5.74, 6) is 0. The normalized spacial score (nSPS) is 15.3. The van der Waals surface area contributed by atoms with E-state index in [9.17, 15) is 0 Å². The monoisotopic (exact) mass is 356 g/mol. The molecule has 1 saturated carbocycles. The predicted molar refractivity (Wildman–Crippen MR) is 105 cm³/mol. The number of benzene rings is 1. The topological polar surface area (TPSA) is 28.7 Å². The Morgan fingerprint density at radius 2 is 1.96 bits per heavy atom. The van der Waals surface area contributed by atoms with Crippen molar-refractivity contribution in [3.05, 3.63) is 64.4 Å². The fourth-order valence-electron chi connectivity index (χ4n) is 3.22. The number of H-pyrrole nitrogens is 1. The number of nitrogens with zero attached hydrogens (tertiary/aromatic N) is 1. The largest absolute Gasteiger partial charge is 0.338 e. The van der Waals surface area contributed by atoms with Crippen molar-refractivity contribution < 1.29 is 0 Å². The SMILES string of the molecule is C=CCc1c(Cc2ccccc2)[nH]c(SC2CCCCC2)nc1=S. The molecule has 0 atom stereocenters. The molecule has 1 heterocycles. The van der Waals surface area contributed by atoms with Gasteiger partial charge in [-0.25, -0.2) is 4.98 Å². The van der Waals surface area contributed by atoms with E-state index in [2.05, 4.69) is 40.8 Å². The molecular weight excluding hydrogens is 332 g/mol. The van der Waals surface area contributed by atoms with Crippen LogP contribution in [0.3, 0.4) is 0 Å². The molecule has 2 aromatic rings. The van der Waals surface area contributed by atoms with Crippen LogP contribution < -0.4 is 0 Å². The minimum absolute atomic E-state index is 0.673. The lowest BCUT2D eigenvalue weighted by molar-refractivity contribution is 0.515. The predicted octanol–water partition coefficient (Wildman–Crippen LogP) is 5.88. The highest BCUT2D eigenvalue weighted by Crippen LogP contribution is 2.32. The summed E-state index contributed by atoms with van der Waals surface area (Å²) < 4.78 is 0.720. The van der Waals surface area contributed by atoms with E-state index >= 15 is 0 Å². The van der Waals surface area contributed by atoms with Gasteiger partial charge >= 0.3 is 0 Å². The molecule has 4 heteroatoms. The van der Waals surface area contributed by atoms with Crippen molar-refractivity contribution in [1.29, 1.82) is 0 Å². The zero-order valence-corrected chi connectivity index (χ0v) is 15.6. The van der Waals surface area contributed by atoms with E-state index in [0.29, 0.717) is 5.25 Å². The molecule has 1 aromatic heterocycles. The second-order valence-electron chi connectivity index (χ2n) is 6.34. The molecule has 0 spiro atoms. The lowest BCUT2D eigenvalue weighted by Gasteiger charge is -2.21. The van der Waals surface area contributed by atoms with Crippen molar-refractivity contribution in [2.75, 3.05) is 0 Å². The van der Waals surface area contributed by atoms with Crippen LogP contribution in [0, 0.1) is 4.64 Å². The molecule has 2 nitrogen and oxygen atoms in total. The average molecular weight is 357 g/mol. The lowest BCUT2D eigenvalue weighted by Crippen LogP contribution is -2.10. The van der Waals surface area contributed by atoms with E-state index in [1.807, 2.05) is 23.9 Å². The van der Waals surface area contributed by atoms with E-state index in [4.69, 9.17) is 12.2 Å². The van der Waals surface area contributed by atoms with Crippen molar-refractivity contribution in [1.82, 2.24) is 9.97 Å². The van der Waals surface area contributed by atoms with Crippen LogP contribution in [-0.4, -0.2) is 15.2 Å². The Labute approximate surface area is 153 Å². The Balaban J connectivity index is 1.88. The van der Waals surface area contributed by atoms with Gasteiger partial charge in [0, 0.05) is 22.9 Å². The minimum atomic E-state index is 0.673. The van der Waals surface area contributed by atoms with Crippen molar-refractivity contribution in [2.45, 2.75) is 55.4 Å². The molecule has 1 aliphatic carbocycles. The van der Waals surface area contributed by atoms with Crippen LogP contribution in [0.2, 0.25) is 0 Å². The molecule has 24 heavy (non-hydrogen) atoms. The Morgan fingerprint density at radius 1 is 1.21 bits per heavy atom. The number of aromatic amines is 1. The summed E-state index contributed by atoms with van der Waals surface area (Å²) in [6.07, 6.45) is 10.1. The number of aromatic nitrogens is 2. The van der Waals surface area contributed by atoms with Gasteiger partial charge in [0.05, 0.1) is 0 Å². The average Bonchev–Trinajstić information content (AvgIpc) is 2.60. The summed E-state index contributed by atoms with van der Waals surface area (Å²) in [7, 11) is 0. The van der Waals surface area contributed by atoms with Crippen LogP contribution in [0.4, 0.5) is 0 Å². The van der Waals surface area contributed by atoms with Crippen LogP contribution in [0.25, 0.3) is 0 Å². The van der Waals surface area contributed by atoms with E-state index in [1.165, 1.54) is 43.4 Å². The zero-order valence-electron chi connectivity index (χ0n) is 14.0. The van der Waals surface area contributed by atoms with Crippen molar-refractivity contribution in [2.24, 2.45) is 0 Å². The minimum Gasteiger partial charge on any atom is -0.338 e. The van der Waals surface area contributed by atoms with Gasteiger partial charge in [-0.2, -0.15) is 0 Å². The first-order valence-corrected chi connectivity index (χ1v) is 9.98. The fraction of sp³-hybridized carbons (Fsp3) is 0.400. The van der Waals surface area contributed by atoms with Crippen LogP contribution >= 0.6 is 24.0 Å². The maximum absolute atomic E-state index is 5.58. The maximum Gasteiger partial charge on any atom is 0.167 e. The highest BCUT2D eigenvalue weighted by molar-refractivity contribution is 7.99. The van der Waals surface area contributed by atoms with E-state index < -0.39 is 0 Å². The summed E-state index contributed by atoms with van der Waals surface area (Å²) in [6, 6.07) is 10.5. The summed E-state index contributed by atoms with van der Waals surface area (Å²) in [6.45, 7) is 3.87. The van der Waals surface area contributed by atoms with Crippen LogP contribution in [0.1, 0.15) is 48.9 Å². The fourth-order valence-corrected chi connectivity index (χ4v) is 4.79. The summed E-state index contributed by atoms with van der Waals surface area (Å²) in [4.78, 5) is 8.23. The van der Waals surface area contributed by atoms with Crippen molar-refractivity contribution in [3.63, 3.8) is 0 Å². The van der Waals surface area contributed by atoms with Gasteiger partial charge in [-0.3, -0.25) is 0 Å². The zero-order chi connectivity index (χ0) is 16.8. The van der Waals surface area contributed by atoms with Crippen LogP contribution in [0.15, 0.2) is 48.1 Å². The van der Waals surface area contributed by atoms with E-state index in [1.54, 1.807) is 0 Å². The Kier molecular flexibility index (Phi) is 6.27. The van der Waals surface area contributed by atoms with Crippen molar-refractivity contribution in [3.8, 4) is 0 Å². The molecule has 1 N–H and O–H groups in total. The molecule has 1 aliphatic rings. The summed E-state index contributed by atoms with van der Waals surface area (Å²) in [5.41, 5.74) is 3.57. The van der Waals surface area contributed by atoms with Crippen LogP contribution in [-0.2, 0) is 12.8 Å². The molecule has 1 aromatic carbocycles. The first kappa shape index (κ1) is 17.4. The molecule has 0 unspecified atom stereocenters. The quantitative estimate of drug-likeness (QED) is 0.398. The number of allylic oxidation sites excluding steroid dienone is 1. The number of hydrogen-bond acceptors (Lipinski definition) is 3. The smallest absolute Gasteiger partial charge is 0.167 e. The standard InChI is InChI=1S/C20H24N2S2/c1-2-9-17-18(14-15-10-5-3-6-11-15)21-20(22-19(17)23)24-16-12-7-4-8-13-16/h2-3,5-6,10-11,16H,1,4,7-9,12-14H2,(H,21,22,23). The second kappa shape index (κ2) is 8.63. The number of nitrogens with one attached hydrogen (secondary N) is 1. The number of rotatable bonds is 6. The van der Waals surface area contributed by atoms with Gasteiger partial charge in [0.25, 0.3) is 0 Å². The number of thioether (sulfide) groups is 1. The molecule has 0 bridgehead atoms. The molecule has 0 saturated heterocycles. The third kappa shape index (κ3) is 4.58. The Hall–Kier alpha value is -1.39. The third-order valence-corrected chi connectivity index (χ3v) is 6.05. The summed E-state index contributed by atoms with van der Waals surface area (Å²) in [5, 5.41) is 1.65.